The van der Waals surface area contributed by atoms with Crippen molar-refractivity contribution >= 4 is 0 Å². The van der Waals surface area contributed by atoms with Crippen molar-refractivity contribution < 1.29 is 4.74 Å². The van der Waals surface area contributed by atoms with Crippen LogP contribution in [0.15, 0.2) is 0 Å². The Bertz CT molecular complexity index is 263. The zero-order valence-corrected chi connectivity index (χ0v) is 12.3. The summed E-state index contributed by atoms with van der Waals surface area (Å²) < 4.78 is 5.79. The Labute approximate surface area is 112 Å². The maximum absolute atomic E-state index is 6.10. The van der Waals surface area contributed by atoms with Crippen LogP contribution in [-0.2, 0) is 4.74 Å². The van der Waals surface area contributed by atoms with Crippen molar-refractivity contribution in [3.05, 3.63) is 0 Å². The molecule has 1 heterocycles. The van der Waals surface area contributed by atoms with Gasteiger partial charge in [0.2, 0.25) is 0 Å². The normalized spacial score (nSPS) is 41.5. The molecule has 2 rings (SSSR count). The number of ether oxygens (including phenoxy) is 1. The third-order valence-corrected chi connectivity index (χ3v) is 5.66. The first-order valence-corrected chi connectivity index (χ1v) is 7.68. The third kappa shape index (κ3) is 2.45. The van der Waals surface area contributed by atoms with Gasteiger partial charge in [-0.3, -0.25) is 4.90 Å². The van der Waals surface area contributed by atoms with Crippen molar-refractivity contribution in [3.63, 3.8) is 0 Å². The number of nitrogens with two attached hydrogens (primary N) is 1. The molecule has 1 aliphatic heterocycles. The topological polar surface area (TPSA) is 38.5 Å². The summed E-state index contributed by atoms with van der Waals surface area (Å²) in [5, 5.41) is 0. The number of nitrogens with zero attached hydrogens (tertiary/aromatic N) is 1. The van der Waals surface area contributed by atoms with E-state index in [1.165, 1.54) is 32.1 Å². The molecule has 1 saturated carbocycles. The average molecular weight is 254 g/mol. The smallest absolute Gasteiger partial charge is 0.0743 e. The summed E-state index contributed by atoms with van der Waals surface area (Å²) in [7, 11) is 2.27. The van der Waals surface area contributed by atoms with Gasteiger partial charge in [-0.1, -0.05) is 13.3 Å². The second-order valence-corrected chi connectivity index (χ2v) is 6.26. The third-order valence-electron chi connectivity index (χ3n) is 5.66. The number of hydrogen-bond donors (Lipinski definition) is 1. The molecule has 0 amide bonds. The summed E-state index contributed by atoms with van der Waals surface area (Å²) >= 11 is 0. The molecule has 0 bridgehead atoms. The lowest BCUT2D eigenvalue weighted by Gasteiger charge is -2.46. The molecule has 3 heteroatoms. The molecule has 2 fully saturated rings. The lowest BCUT2D eigenvalue weighted by molar-refractivity contribution is -0.00626. The van der Waals surface area contributed by atoms with Crippen LogP contribution >= 0.6 is 0 Å². The van der Waals surface area contributed by atoms with Gasteiger partial charge in [0, 0.05) is 19.2 Å². The molecule has 2 N–H and O–H groups in total. The van der Waals surface area contributed by atoms with Crippen molar-refractivity contribution in [2.75, 3.05) is 20.2 Å². The predicted molar refractivity (Wildman–Crippen MR) is 75.6 cm³/mol. The van der Waals surface area contributed by atoms with Gasteiger partial charge in [0.15, 0.2) is 0 Å². The molecule has 2 atom stereocenters. The maximum atomic E-state index is 6.10. The van der Waals surface area contributed by atoms with E-state index in [2.05, 4.69) is 25.8 Å². The van der Waals surface area contributed by atoms with E-state index < -0.39 is 0 Å². The Morgan fingerprint density at radius 1 is 1.28 bits per heavy atom. The minimum absolute atomic E-state index is 0.0870. The fourth-order valence-corrected chi connectivity index (χ4v) is 3.95. The van der Waals surface area contributed by atoms with E-state index in [1.54, 1.807) is 0 Å². The lowest BCUT2D eigenvalue weighted by Crippen LogP contribution is -2.60. The maximum Gasteiger partial charge on any atom is 0.0743 e. The van der Waals surface area contributed by atoms with Gasteiger partial charge in [0.1, 0.15) is 0 Å². The molecular formula is C15H30N2O. The Kier molecular flexibility index (Phi) is 4.68. The van der Waals surface area contributed by atoms with E-state index in [1.807, 2.05) is 0 Å². The minimum atomic E-state index is 0.0870. The van der Waals surface area contributed by atoms with Crippen LogP contribution in [0, 0.1) is 5.92 Å². The molecule has 0 spiro atoms. The van der Waals surface area contributed by atoms with E-state index in [0.29, 0.717) is 6.04 Å². The molecule has 2 aliphatic rings. The largest absolute Gasteiger partial charge is 0.376 e. The SMILES string of the molecule is CCC1CCC(N(C)C2(CN)CCOC2C)CC1. The molecule has 1 aliphatic carbocycles. The highest BCUT2D eigenvalue weighted by Gasteiger charge is 2.46. The molecule has 0 radical (unpaired) electrons. The number of rotatable bonds is 4. The van der Waals surface area contributed by atoms with Crippen LogP contribution in [0.4, 0.5) is 0 Å². The Morgan fingerprint density at radius 3 is 2.39 bits per heavy atom. The van der Waals surface area contributed by atoms with Gasteiger partial charge >= 0.3 is 0 Å². The summed E-state index contributed by atoms with van der Waals surface area (Å²) in [5.41, 5.74) is 6.19. The zero-order chi connectivity index (χ0) is 13.2. The second-order valence-electron chi connectivity index (χ2n) is 6.26. The molecule has 106 valence electrons. The van der Waals surface area contributed by atoms with Crippen molar-refractivity contribution in [1.29, 1.82) is 0 Å². The van der Waals surface area contributed by atoms with Gasteiger partial charge < -0.3 is 10.5 Å². The predicted octanol–water partition coefficient (Wildman–Crippen LogP) is 2.39. The van der Waals surface area contributed by atoms with Crippen LogP contribution in [0.2, 0.25) is 0 Å². The monoisotopic (exact) mass is 254 g/mol. The van der Waals surface area contributed by atoms with Crippen molar-refractivity contribution in [2.24, 2.45) is 11.7 Å². The highest BCUT2D eigenvalue weighted by atomic mass is 16.5. The molecule has 0 aromatic rings. The van der Waals surface area contributed by atoms with E-state index in [9.17, 15) is 0 Å². The van der Waals surface area contributed by atoms with E-state index in [0.717, 1.165) is 25.5 Å². The summed E-state index contributed by atoms with van der Waals surface area (Å²) in [5.74, 6) is 0.959. The van der Waals surface area contributed by atoms with Crippen LogP contribution in [0.25, 0.3) is 0 Å². The van der Waals surface area contributed by atoms with Crippen molar-refractivity contribution in [3.8, 4) is 0 Å². The standard InChI is InChI=1S/C15H30N2O/c1-4-13-5-7-14(8-6-13)17(3)15(11-16)9-10-18-12(15)2/h12-14H,4-11,16H2,1-3H3. The van der Waals surface area contributed by atoms with Crippen LogP contribution < -0.4 is 5.73 Å². The molecule has 18 heavy (non-hydrogen) atoms. The fourth-order valence-electron chi connectivity index (χ4n) is 3.95. The van der Waals surface area contributed by atoms with Gasteiger partial charge in [0.05, 0.1) is 11.6 Å². The van der Waals surface area contributed by atoms with E-state index >= 15 is 0 Å². The van der Waals surface area contributed by atoms with Gasteiger partial charge in [-0.2, -0.15) is 0 Å². The Morgan fingerprint density at radius 2 is 1.94 bits per heavy atom. The van der Waals surface area contributed by atoms with E-state index in [4.69, 9.17) is 10.5 Å². The van der Waals surface area contributed by atoms with Gasteiger partial charge in [0.25, 0.3) is 0 Å². The van der Waals surface area contributed by atoms with Crippen LogP contribution in [-0.4, -0.2) is 42.8 Å². The molecule has 0 aromatic carbocycles. The van der Waals surface area contributed by atoms with Gasteiger partial charge in [-0.25, -0.2) is 0 Å². The molecular weight excluding hydrogens is 224 g/mol. The van der Waals surface area contributed by atoms with Gasteiger partial charge in [-0.15, -0.1) is 0 Å². The Hall–Kier alpha value is -0.120. The van der Waals surface area contributed by atoms with Crippen molar-refractivity contribution in [1.82, 2.24) is 4.90 Å². The minimum Gasteiger partial charge on any atom is -0.376 e. The number of likely N-dealkylation sites (N-methyl/N-ethyl adjacent to an activating group) is 1. The fraction of sp³-hybridized carbons (Fsp3) is 1.00. The first-order valence-electron chi connectivity index (χ1n) is 7.68. The second kappa shape index (κ2) is 5.89. The summed E-state index contributed by atoms with van der Waals surface area (Å²) in [4.78, 5) is 2.57. The van der Waals surface area contributed by atoms with Crippen LogP contribution in [0.5, 0.6) is 0 Å². The highest BCUT2D eigenvalue weighted by molar-refractivity contribution is 5.01. The molecule has 2 unspecified atom stereocenters. The quantitative estimate of drug-likeness (QED) is 0.837. The first kappa shape index (κ1) is 14.3. The van der Waals surface area contributed by atoms with Crippen molar-refractivity contribution in [2.45, 2.75) is 70.1 Å². The average Bonchev–Trinajstić information content (AvgIpc) is 2.80. The summed E-state index contributed by atoms with van der Waals surface area (Å²) in [6.07, 6.45) is 8.17. The zero-order valence-electron chi connectivity index (χ0n) is 12.3. The first-order chi connectivity index (χ1) is 8.64. The van der Waals surface area contributed by atoms with Crippen LogP contribution in [0.3, 0.4) is 0 Å². The van der Waals surface area contributed by atoms with E-state index in [-0.39, 0.29) is 11.6 Å². The van der Waals surface area contributed by atoms with Crippen LogP contribution in [0.1, 0.15) is 52.4 Å². The molecule has 0 aromatic heterocycles. The molecule has 1 saturated heterocycles. The van der Waals surface area contributed by atoms with Gasteiger partial charge in [-0.05, 0) is 52.0 Å². The summed E-state index contributed by atoms with van der Waals surface area (Å²) in [6, 6.07) is 0.709. The lowest BCUT2D eigenvalue weighted by atomic mass is 9.81. The molecule has 3 nitrogen and oxygen atoms in total. The number of hydrogen-bond acceptors (Lipinski definition) is 3. The highest BCUT2D eigenvalue weighted by Crippen LogP contribution is 2.37. The Balaban J connectivity index is 2.00. The summed E-state index contributed by atoms with van der Waals surface area (Å²) in [6.45, 7) is 6.10.